The smallest absolute Gasteiger partial charge is 0.339 e. The van der Waals surface area contributed by atoms with E-state index in [4.69, 9.17) is 9.57 Å². The largest absolute Gasteiger partial charge is 0.462 e. The Balaban J connectivity index is 2.17. The molecule has 1 aromatic heterocycles. The quantitative estimate of drug-likeness (QED) is 0.731. The van der Waals surface area contributed by atoms with Crippen molar-refractivity contribution in [3.63, 3.8) is 0 Å². The maximum absolute atomic E-state index is 12.4. The lowest BCUT2D eigenvalue weighted by Gasteiger charge is -2.18. The molecule has 0 saturated carbocycles. The van der Waals surface area contributed by atoms with E-state index in [1.54, 1.807) is 13.8 Å². The first-order valence-corrected chi connectivity index (χ1v) is 8.96. The Morgan fingerprint density at radius 1 is 1.35 bits per heavy atom. The van der Waals surface area contributed by atoms with E-state index in [0.29, 0.717) is 5.69 Å². The fraction of sp³-hybridized carbons (Fsp3) is 0.500. The summed E-state index contributed by atoms with van der Waals surface area (Å²) in [5.41, 5.74) is 0.717. The zero-order chi connectivity index (χ0) is 17.0. The van der Waals surface area contributed by atoms with E-state index < -0.39 is 21.7 Å². The number of carbonyl (C=O) groups is 2. The van der Waals surface area contributed by atoms with E-state index in [9.17, 15) is 18.0 Å². The van der Waals surface area contributed by atoms with Crippen molar-refractivity contribution in [2.45, 2.75) is 13.8 Å². The molecule has 9 heteroatoms. The average molecular weight is 342 g/mol. The molecule has 1 fully saturated rings. The van der Waals surface area contributed by atoms with Crippen molar-refractivity contribution >= 4 is 21.7 Å². The molecule has 0 bridgehead atoms. The van der Waals surface area contributed by atoms with Crippen LogP contribution in [-0.4, -0.2) is 61.6 Å². The molecule has 2 heterocycles. The summed E-state index contributed by atoms with van der Waals surface area (Å²) in [5.74, 6) is -1.32. The second kappa shape index (κ2) is 7.05. The molecule has 0 spiro atoms. The van der Waals surface area contributed by atoms with E-state index in [0.717, 1.165) is 5.06 Å². The van der Waals surface area contributed by atoms with Gasteiger partial charge in [-0.3, -0.25) is 9.63 Å². The molecule has 126 valence electrons. The van der Waals surface area contributed by atoms with Crippen LogP contribution in [0.5, 0.6) is 0 Å². The van der Waals surface area contributed by atoms with Crippen LogP contribution < -0.4 is 0 Å². The molecule has 1 aromatic rings. The van der Waals surface area contributed by atoms with Crippen molar-refractivity contribution < 1.29 is 27.6 Å². The summed E-state index contributed by atoms with van der Waals surface area (Å²) in [5, 5.41) is 0.996. The van der Waals surface area contributed by atoms with Gasteiger partial charge in [0, 0.05) is 0 Å². The highest BCUT2D eigenvalue weighted by molar-refractivity contribution is 7.91. The highest BCUT2D eigenvalue weighted by atomic mass is 32.2. The number of nitrogens with zero attached hydrogens (tertiary/aromatic N) is 2. The summed E-state index contributed by atoms with van der Waals surface area (Å²) in [4.78, 5) is 33.3. The highest BCUT2D eigenvalue weighted by Gasteiger charge is 2.26. The Labute approximate surface area is 134 Å². The number of hydrogen-bond donors (Lipinski definition) is 0. The number of sulfone groups is 1. The van der Waals surface area contributed by atoms with Crippen molar-refractivity contribution in [1.82, 2.24) is 10.0 Å². The number of esters is 1. The van der Waals surface area contributed by atoms with Crippen LogP contribution in [0.1, 0.15) is 33.5 Å². The van der Waals surface area contributed by atoms with Gasteiger partial charge in [0.2, 0.25) is 0 Å². The highest BCUT2D eigenvalue weighted by Crippen LogP contribution is 2.12. The van der Waals surface area contributed by atoms with Gasteiger partial charge in [-0.1, -0.05) is 0 Å². The SMILES string of the molecule is CCOC(=O)c1ccc(C(=O)N2CCS(=O)(=O)CCO2)nc1C. The number of amides is 1. The normalized spacial score (nSPS) is 17.4. The van der Waals surface area contributed by atoms with Gasteiger partial charge in [0.1, 0.15) is 5.69 Å². The van der Waals surface area contributed by atoms with Crippen LogP contribution in [0.2, 0.25) is 0 Å². The van der Waals surface area contributed by atoms with E-state index in [2.05, 4.69) is 4.98 Å². The zero-order valence-corrected chi connectivity index (χ0v) is 13.8. The molecule has 0 N–H and O–H groups in total. The van der Waals surface area contributed by atoms with Gasteiger partial charge in [-0.25, -0.2) is 23.3 Å². The van der Waals surface area contributed by atoms with Crippen LogP contribution in [0.25, 0.3) is 0 Å². The predicted octanol–water partition coefficient (Wildman–Crippen LogP) is 0.369. The summed E-state index contributed by atoms with van der Waals surface area (Å²) >= 11 is 0. The summed E-state index contributed by atoms with van der Waals surface area (Å²) in [6.07, 6.45) is 0. The molecule has 0 atom stereocenters. The molecule has 0 radical (unpaired) electrons. The van der Waals surface area contributed by atoms with Crippen LogP contribution in [-0.2, 0) is 19.4 Å². The van der Waals surface area contributed by atoms with Crippen molar-refractivity contribution in [1.29, 1.82) is 0 Å². The van der Waals surface area contributed by atoms with Crippen LogP contribution in [0.3, 0.4) is 0 Å². The number of carbonyl (C=O) groups excluding carboxylic acids is 2. The Morgan fingerprint density at radius 3 is 2.74 bits per heavy atom. The zero-order valence-electron chi connectivity index (χ0n) is 12.9. The maximum atomic E-state index is 12.4. The van der Waals surface area contributed by atoms with Gasteiger partial charge in [-0.15, -0.1) is 0 Å². The Bertz CT molecular complexity index is 716. The Hall–Kier alpha value is -2.00. The third kappa shape index (κ3) is 4.26. The van der Waals surface area contributed by atoms with E-state index >= 15 is 0 Å². The average Bonchev–Trinajstić information content (AvgIpc) is 2.67. The molecule has 2 rings (SSSR count). The third-order valence-electron chi connectivity index (χ3n) is 3.27. The minimum absolute atomic E-state index is 0.0540. The van der Waals surface area contributed by atoms with Crippen LogP contribution in [0.4, 0.5) is 0 Å². The molecule has 0 aliphatic carbocycles. The fourth-order valence-electron chi connectivity index (χ4n) is 2.06. The van der Waals surface area contributed by atoms with E-state index in [1.165, 1.54) is 12.1 Å². The second-order valence-electron chi connectivity index (χ2n) is 4.94. The van der Waals surface area contributed by atoms with E-state index in [1.807, 2.05) is 0 Å². The van der Waals surface area contributed by atoms with Gasteiger partial charge in [-0.05, 0) is 26.0 Å². The number of pyridine rings is 1. The summed E-state index contributed by atoms with van der Waals surface area (Å²) in [7, 11) is -3.20. The Kier molecular flexibility index (Phi) is 5.32. The molecule has 1 aliphatic heterocycles. The first-order chi connectivity index (χ1) is 10.8. The van der Waals surface area contributed by atoms with Gasteiger partial charge in [0.25, 0.3) is 5.91 Å². The van der Waals surface area contributed by atoms with E-state index in [-0.39, 0.29) is 42.5 Å². The maximum Gasteiger partial charge on any atom is 0.339 e. The Morgan fingerprint density at radius 2 is 2.09 bits per heavy atom. The number of rotatable bonds is 3. The lowest BCUT2D eigenvalue weighted by Crippen LogP contribution is -2.33. The minimum Gasteiger partial charge on any atom is -0.462 e. The number of hydrogen-bond acceptors (Lipinski definition) is 7. The number of hydroxylamine groups is 2. The predicted molar refractivity (Wildman–Crippen MR) is 80.6 cm³/mol. The molecular formula is C14H18N2O6S. The van der Waals surface area contributed by atoms with Crippen LogP contribution in [0.15, 0.2) is 12.1 Å². The molecule has 8 nitrogen and oxygen atoms in total. The monoisotopic (exact) mass is 342 g/mol. The molecule has 1 saturated heterocycles. The van der Waals surface area contributed by atoms with Gasteiger partial charge in [0.15, 0.2) is 9.84 Å². The van der Waals surface area contributed by atoms with Crippen LogP contribution >= 0.6 is 0 Å². The fourth-order valence-corrected chi connectivity index (χ4v) is 3.03. The summed E-state index contributed by atoms with van der Waals surface area (Å²) < 4.78 is 28.0. The number of aromatic nitrogens is 1. The minimum atomic E-state index is -3.20. The number of aryl methyl sites for hydroxylation is 1. The molecule has 1 aliphatic rings. The van der Waals surface area contributed by atoms with Gasteiger partial charge >= 0.3 is 5.97 Å². The molecule has 0 aromatic carbocycles. The first kappa shape index (κ1) is 17.4. The van der Waals surface area contributed by atoms with Crippen molar-refractivity contribution in [2.24, 2.45) is 0 Å². The van der Waals surface area contributed by atoms with Crippen molar-refractivity contribution in [3.8, 4) is 0 Å². The van der Waals surface area contributed by atoms with Gasteiger partial charge in [0.05, 0.1) is 42.5 Å². The molecule has 23 heavy (non-hydrogen) atoms. The summed E-state index contributed by atoms with van der Waals surface area (Å²) in [6, 6.07) is 2.85. The van der Waals surface area contributed by atoms with Crippen molar-refractivity contribution in [3.05, 3.63) is 29.1 Å². The lowest BCUT2D eigenvalue weighted by molar-refractivity contribution is -0.112. The number of ether oxygens (including phenoxy) is 1. The summed E-state index contributed by atoms with van der Waals surface area (Å²) in [6.45, 7) is 3.41. The molecular weight excluding hydrogens is 324 g/mol. The standard InChI is InChI=1S/C14H18N2O6S/c1-3-21-14(18)11-4-5-12(15-10(11)2)13(17)16-6-8-23(19,20)9-7-22-16/h4-5H,3,6-9H2,1-2H3. The topological polar surface area (TPSA) is 103 Å². The van der Waals surface area contributed by atoms with Crippen molar-refractivity contribution in [2.75, 3.05) is 31.3 Å². The van der Waals surface area contributed by atoms with Gasteiger partial charge < -0.3 is 4.74 Å². The second-order valence-corrected chi connectivity index (χ2v) is 7.25. The molecule has 0 unspecified atom stereocenters. The third-order valence-corrected chi connectivity index (χ3v) is 4.87. The lowest BCUT2D eigenvalue weighted by atomic mass is 10.2. The first-order valence-electron chi connectivity index (χ1n) is 7.14. The van der Waals surface area contributed by atoms with Crippen LogP contribution in [0, 0.1) is 6.92 Å². The van der Waals surface area contributed by atoms with Gasteiger partial charge in [-0.2, -0.15) is 0 Å². The molecule has 1 amide bonds.